The van der Waals surface area contributed by atoms with Crippen LogP contribution >= 0.6 is 11.8 Å². The molecule has 0 spiro atoms. The Hall–Kier alpha value is -0.220. The molecule has 1 aliphatic heterocycles. The lowest BCUT2D eigenvalue weighted by molar-refractivity contribution is -0.143. The highest BCUT2D eigenvalue weighted by molar-refractivity contribution is 7.99. The van der Waals surface area contributed by atoms with Crippen molar-refractivity contribution in [2.45, 2.75) is 12.5 Å². The predicted molar refractivity (Wildman–Crippen MR) is 40.9 cm³/mol. The summed E-state index contributed by atoms with van der Waals surface area (Å²) in [4.78, 5) is 10.9. The van der Waals surface area contributed by atoms with Gasteiger partial charge in [0.2, 0.25) is 0 Å². The molecule has 0 saturated carbocycles. The number of thioether (sulfide) groups is 1. The summed E-state index contributed by atoms with van der Waals surface area (Å²) in [5, 5.41) is 3.06. The van der Waals surface area contributed by atoms with Crippen LogP contribution in [0.5, 0.6) is 0 Å². The van der Waals surface area contributed by atoms with E-state index in [2.05, 4.69) is 10.1 Å². The highest BCUT2D eigenvalue weighted by atomic mass is 32.2. The first-order valence-electron chi connectivity index (χ1n) is 3.23. The maximum atomic E-state index is 10.9. The fourth-order valence-corrected chi connectivity index (χ4v) is 1.74. The van der Waals surface area contributed by atoms with Crippen molar-refractivity contribution in [3.05, 3.63) is 0 Å². The van der Waals surface area contributed by atoms with Gasteiger partial charge >= 0.3 is 5.97 Å². The van der Waals surface area contributed by atoms with Crippen molar-refractivity contribution < 1.29 is 9.53 Å². The van der Waals surface area contributed by atoms with Gasteiger partial charge in [0, 0.05) is 5.88 Å². The van der Waals surface area contributed by atoms with Crippen molar-refractivity contribution >= 4 is 17.7 Å². The molecule has 0 aromatic heterocycles. The largest absolute Gasteiger partial charge is 0.468 e. The molecule has 0 aromatic rings. The minimum Gasteiger partial charge on any atom is -0.468 e. The maximum Gasteiger partial charge on any atom is 0.322 e. The van der Waals surface area contributed by atoms with Gasteiger partial charge < -0.3 is 4.74 Å². The second-order valence-electron chi connectivity index (χ2n) is 2.12. The summed E-state index contributed by atoms with van der Waals surface area (Å²) >= 11 is 1.81. The molecule has 1 atom stereocenters. The summed E-state index contributed by atoms with van der Waals surface area (Å²) < 4.78 is 4.58. The van der Waals surface area contributed by atoms with E-state index in [-0.39, 0.29) is 12.0 Å². The summed E-state index contributed by atoms with van der Waals surface area (Å²) in [7, 11) is 1.42. The number of methoxy groups -OCH3 is 1. The van der Waals surface area contributed by atoms with Crippen LogP contribution in [0.2, 0.25) is 0 Å². The average Bonchev–Trinajstić information content (AvgIpc) is 2.05. The van der Waals surface area contributed by atoms with E-state index in [1.165, 1.54) is 7.11 Å². The first-order chi connectivity index (χ1) is 4.84. The number of carbonyl (C=O) groups excluding carboxylic acids is 1. The average molecular weight is 161 g/mol. The van der Waals surface area contributed by atoms with Crippen LogP contribution in [-0.4, -0.2) is 30.8 Å². The summed E-state index contributed by atoms with van der Waals surface area (Å²) in [6.07, 6.45) is 0.886. The number of carbonyl (C=O) groups is 1. The van der Waals surface area contributed by atoms with Crippen molar-refractivity contribution in [3.63, 3.8) is 0 Å². The van der Waals surface area contributed by atoms with Gasteiger partial charge in [0.1, 0.15) is 6.04 Å². The number of ether oxygens (including phenoxy) is 1. The van der Waals surface area contributed by atoms with Gasteiger partial charge in [0.05, 0.1) is 7.11 Å². The third kappa shape index (κ3) is 1.88. The molecule has 1 N–H and O–H groups in total. The molecule has 0 radical (unpaired) electrons. The second-order valence-corrected chi connectivity index (χ2v) is 3.23. The van der Waals surface area contributed by atoms with Crippen molar-refractivity contribution in [3.8, 4) is 0 Å². The molecule has 10 heavy (non-hydrogen) atoms. The number of nitrogens with one attached hydrogen (secondary N) is 1. The summed E-state index contributed by atoms with van der Waals surface area (Å²) in [6, 6.07) is -0.0637. The van der Waals surface area contributed by atoms with Crippen LogP contribution in [0.3, 0.4) is 0 Å². The number of hydrogen-bond donors (Lipinski definition) is 1. The van der Waals surface area contributed by atoms with E-state index in [9.17, 15) is 4.79 Å². The second kappa shape index (κ2) is 3.83. The topological polar surface area (TPSA) is 38.3 Å². The number of hydrogen-bond acceptors (Lipinski definition) is 4. The van der Waals surface area contributed by atoms with E-state index in [0.29, 0.717) is 0 Å². The van der Waals surface area contributed by atoms with Gasteiger partial charge in [-0.3, -0.25) is 10.1 Å². The molecule has 1 saturated heterocycles. The van der Waals surface area contributed by atoms with Gasteiger partial charge in [0.25, 0.3) is 0 Å². The quantitative estimate of drug-likeness (QED) is 0.558. The lowest BCUT2D eigenvalue weighted by atomic mass is 10.2. The molecular weight excluding hydrogens is 150 g/mol. The molecule has 1 heterocycles. The Morgan fingerprint density at radius 1 is 1.80 bits per heavy atom. The highest BCUT2D eigenvalue weighted by Gasteiger charge is 2.20. The SMILES string of the molecule is COC(=O)[C@H]1CCSCN1. The van der Waals surface area contributed by atoms with Gasteiger partial charge in [-0.05, 0) is 12.2 Å². The molecule has 0 bridgehead atoms. The Morgan fingerprint density at radius 3 is 3.10 bits per heavy atom. The Morgan fingerprint density at radius 2 is 2.60 bits per heavy atom. The molecule has 0 amide bonds. The van der Waals surface area contributed by atoms with Crippen LogP contribution < -0.4 is 5.32 Å². The standard InChI is InChI=1S/C6H11NO2S/c1-9-6(8)5-2-3-10-4-7-5/h5,7H,2-4H2,1H3/t5-/m1/s1. The Balaban J connectivity index is 2.31. The zero-order chi connectivity index (χ0) is 7.40. The first kappa shape index (κ1) is 7.88. The van der Waals surface area contributed by atoms with E-state index in [0.717, 1.165) is 18.1 Å². The van der Waals surface area contributed by atoms with Crippen LogP contribution in [0.25, 0.3) is 0 Å². The lowest BCUT2D eigenvalue weighted by Crippen LogP contribution is -2.40. The normalized spacial score (nSPS) is 25.9. The smallest absolute Gasteiger partial charge is 0.322 e. The molecule has 58 valence electrons. The number of rotatable bonds is 1. The molecule has 0 unspecified atom stereocenters. The van der Waals surface area contributed by atoms with Crippen LogP contribution in [0, 0.1) is 0 Å². The molecule has 1 fully saturated rings. The van der Waals surface area contributed by atoms with E-state index in [1.54, 1.807) is 0 Å². The minimum atomic E-state index is -0.139. The van der Waals surface area contributed by atoms with Gasteiger partial charge in [-0.15, -0.1) is 11.8 Å². The highest BCUT2D eigenvalue weighted by Crippen LogP contribution is 2.10. The zero-order valence-electron chi connectivity index (χ0n) is 5.92. The Bertz CT molecular complexity index is 123. The van der Waals surface area contributed by atoms with Gasteiger partial charge in [-0.25, -0.2) is 0 Å². The summed E-state index contributed by atoms with van der Waals surface area (Å²) in [5.74, 6) is 1.77. The first-order valence-corrected chi connectivity index (χ1v) is 4.39. The predicted octanol–water partition coefficient (Wildman–Crippen LogP) is 0.212. The van der Waals surface area contributed by atoms with Crippen molar-refractivity contribution in [2.24, 2.45) is 0 Å². The number of esters is 1. The van der Waals surface area contributed by atoms with Crippen LogP contribution in [0.1, 0.15) is 6.42 Å². The van der Waals surface area contributed by atoms with E-state index in [1.807, 2.05) is 11.8 Å². The minimum absolute atomic E-state index is 0.0637. The van der Waals surface area contributed by atoms with E-state index >= 15 is 0 Å². The van der Waals surface area contributed by atoms with Crippen molar-refractivity contribution in [2.75, 3.05) is 18.7 Å². The fraction of sp³-hybridized carbons (Fsp3) is 0.833. The van der Waals surface area contributed by atoms with Crippen LogP contribution in [0.4, 0.5) is 0 Å². The molecular formula is C6H11NO2S. The third-order valence-electron chi connectivity index (χ3n) is 1.47. The Labute approximate surface area is 64.5 Å². The fourth-order valence-electron chi connectivity index (χ4n) is 0.878. The third-order valence-corrected chi connectivity index (χ3v) is 2.36. The molecule has 1 aliphatic rings. The summed E-state index contributed by atoms with van der Waals surface area (Å²) in [5.41, 5.74) is 0. The van der Waals surface area contributed by atoms with Crippen molar-refractivity contribution in [1.82, 2.24) is 5.32 Å². The van der Waals surface area contributed by atoms with E-state index < -0.39 is 0 Å². The summed E-state index contributed by atoms with van der Waals surface area (Å²) in [6.45, 7) is 0. The monoisotopic (exact) mass is 161 g/mol. The molecule has 4 heteroatoms. The van der Waals surface area contributed by atoms with Gasteiger partial charge in [0.15, 0.2) is 0 Å². The van der Waals surface area contributed by atoms with Crippen molar-refractivity contribution in [1.29, 1.82) is 0 Å². The van der Waals surface area contributed by atoms with Gasteiger partial charge in [-0.2, -0.15) is 0 Å². The van der Waals surface area contributed by atoms with Gasteiger partial charge in [-0.1, -0.05) is 0 Å². The van der Waals surface area contributed by atoms with Crippen LogP contribution in [0.15, 0.2) is 0 Å². The lowest BCUT2D eigenvalue weighted by Gasteiger charge is -2.20. The van der Waals surface area contributed by atoms with E-state index in [4.69, 9.17) is 0 Å². The zero-order valence-corrected chi connectivity index (χ0v) is 6.74. The molecule has 0 aromatic carbocycles. The molecule has 1 rings (SSSR count). The molecule has 3 nitrogen and oxygen atoms in total. The van der Waals surface area contributed by atoms with Crippen LogP contribution in [-0.2, 0) is 9.53 Å². The molecule has 0 aliphatic carbocycles. The maximum absolute atomic E-state index is 10.9. The Kier molecular flexibility index (Phi) is 3.02.